The fourth-order valence-corrected chi connectivity index (χ4v) is 9.36. The normalized spacial score (nSPS) is 22.7. The van der Waals surface area contributed by atoms with Gasteiger partial charge in [0.25, 0.3) is 0 Å². The van der Waals surface area contributed by atoms with Crippen LogP contribution in [-0.2, 0) is 14.9 Å². The molecule has 6 heteroatoms. The van der Waals surface area contributed by atoms with E-state index >= 15 is 0 Å². The van der Waals surface area contributed by atoms with Crippen molar-refractivity contribution in [2.24, 2.45) is 0 Å². The van der Waals surface area contributed by atoms with Crippen LogP contribution >= 0.6 is 0 Å². The molecule has 2 aliphatic heterocycles. The average Bonchev–Trinajstić information content (AvgIpc) is 3.40. The van der Waals surface area contributed by atoms with Gasteiger partial charge in [0, 0.05) is 33.7 Å². The van der Waals surface area contributed by atoms with E-state index in [0.717, 1.165) is 69.3 Å². The van der Waals surface area contributed by atoms with Crippen LogP contribution < -0.4 is 19.3 Å². The van der Waals surface area contributed by atoms with Crippen LogP contribution in [0.1, 0.15) is 37.8 Å². The van der Waals surface area contributed by atoms with Gasteiger partial charge in [-0.15, -0.1) is 0 Å². The molecular weight excluding hydrogens is 729 g/mol. The quantitative estimate of drug-likeness (QED) is 0.168. The van der Waals surface area contributed by atoms with Crippen molar-refractivity contribution in [1.29, 1.82) is 0 Å². The highest BCUT2D eigenvalue weighted by Gasteiger charge is 2.49. The van der Waals surface area contributed by atoms with E-state index in [1.807, 2.05) is 36.4 Å². The van der Waals surface area contributed by atoms with Crippen LogP contribution in [0.5, 0.6) is 23.0 Å². The molecule has 0 aromatic heterocycles. The number of anilines is 4. The molecule has 0 radical (unpaired) electrons. The van der Waals surface area contributed by atoms with Crippen LogP contribution in [0.15, 0.2) is 199 Å². The van der Waals surface area contributed by atoms with E-state index < -0.39 is 5.41 Å². The standard InChI is InChI=1S/C53H44N2O4/c1-53(2)41-33-43(54(35-19-7-3-8-20-35)36-21-9-4-10-22-36)51-49(56-45-27-15-17-29-47(45)58-51)39(41)31-32-40-42(53)34-44(52-50(40)57-46-28-16-18-30-48(46)59-52)55(37-23-11-5-12-24-37)38-25-13-6-14-26-38/h3-5,7-13,15-34,46,48,50,52H,6,14H2,1-2H3. The zero-order valence-corrected chi connectivity index (χ0v) is 33.1. The molecule has 4 atom stereocenters. The number of rotatable bonds is 6. The number of para-hydroxylation sites is 5. The maximum atomic E-state index is 7.21. The number of benzene rings is 5. The lowest BCUT2D eigenvalue weighted by atomic mass is 9.71. The maximum absolute atomic E-state index is 7.21. The van der Waals surface area contributed by atoms with E-state index in [1.54, 1.807) is 0 Å². The first kappa shape index (κ1) is 35.6. The van der Waals surface area contributed by atoms with Crippen molar-refractivity contribution in [2.45, 2.75) is 56.5 Å². The maximum Gasteiger partial charge on any atom is 0.194 e. The minimum Gasteiger partial charge on any atom is -0.449 e. The number of ether oxygens (including phenoxy) is 4. The SMILES string of the molecule is CC1(C)C2=C(C=Cc3c1cc(N(c1ccccc1)c1ccccc1)c1c3Oc3ccccc3O1)C1OC3C=CC=CC3OC1C(N(C1=CCCC=C1)c1ccccc1)=C2. The highest BCUT2D eigenvalue weighted by molar-refractivity contribution is 5.88. The van der Waals surface area contributed by atoms with Crippen LogP contribution in [0.4, 0.5) is 22.7 Å². The lowest BCUT2D eigenvalue weighted by Gasteiger charge is -2.48. The first-order chi connectivity index (χ1) is 29.0. The highest BCUT2D eigenvalue weighted by atomic mass is 16.6. The van der Waals surface area contributed by atoms with Gasteiger partial charge < -0.3 is 28.7 Å². The molecule has 0 amide bonds. The summed E-state index contributed by atoms with van der Waals surface area (Å²) in [4.78, 5) is 4.65. The van der Waals surface area contributed by atoms with E-state index in [0.29, 0.717) is 23.0 Å². The zero-order valence-electron chi connectivity index (χ0n) is 33.1. The van der Waals surface area contributed by atoms with Crippen molar-refractivity contribution in [3.63, 3.8) is 0 Å². The van der Waals surface area contributed by atoms with E-state index in [2.05, 4.69) is 169 Å². The lowest BCUT2D eigenvalue weighted by Crippen LogP contribution is -2.54. The fourth-order valence-electron chi connectivity index (χ4n) is 9.36. The first-order valence-electron chi connectivity index (χ1n) is 20.6. The van der Waals surface area contributed by atoms with Gasteiger partial charge in [0.1, 0.15) is 24.4 Å². The van der Waals surface area contributed by atoms with Crippen molar-refractivity contribution in [1.82, 2.24) is 0 Å². The Kier molecular flexibility index (Phi) is 8.64. The molecule has 59 heavy (non-hydrogen) atoms. The molecular formula is C53H44N2O4. The summed E-state index contributed by atoms with van der Waals surface area (Å²) in [6.45, 7) is 4.66. The predicted molar refractivity (Wildman–Crippen MR) is 236 cm³/mol. The minimum atomic E-state index is -0.560. The predicted octanol–water partition coefficient (Wildman–Crippen LogP) is 12.9. The Bertz CT molecular complexity index is 2630. The fraction of sp³-hybridized carbons (Fsp3) is 0.170. The Morgan fingerprint density at radius 3 is 1.78 bits per heavy atom. The third-order valence-electron chi connectivity index (χ3n) is 12.2. The van der Waals surface area contributed by atoms with Gasteiger partial charge in [0.2, 0.25) is 0 Å². The van der Waals surface area contributed by atoms with Crippen molar-refractivity contribution >= 4 is 28.8 Å². The summed E-state index contributed by atoms with van der Waals surface area (Å²) in [5, 5.41) is 0. The van der Waals surface area contributed by atoms with Crippen molar-refractivity contribution in [3.05, 3.63) is 210 Å². The van der Waals surface area contributed by atoms with Crippen LogP contribution in [0, 0.1) is 0 Å². The molecule has 0 N–H and O–H groups in total. The molecule has 0 spiro atoms. The number of nitrogens with zero attached hydrogens (tertiary/aromatic N) is 2. The summed E-state index contributed by atoms with van der Waals surface area (Å²) in [6, 6.07) is 41.8. The van der Waals surface area contributed by atoms with Crippen LogP contribution in [-0.4, -0.2) is 24.4 Å². The topological polar surface area (TPSA) is 43.4 Å². The first-order valence-corrected chi connectivity index (χ1v) is 20.6. The molecule has 5 aromatic carbocycles. The van der Waals surface area contributed by atoms with Gasteiger partial charge in [-0.3, -0.25) is 0 Å². The van der Waals surface area contributed by atoms with Gasteiger partial charge in [-0.1, -0.05) is 129 Å². The van der Waals surface area contributed by atoms with E-state index in [9.17, 15) is 0 Å². The third-order valence-corrected chi connectivity index (χ3v) is 12.2. The monoisotopic (exact) mass is 772 g/mol. The molecule has 1 fully saturated rings. The van der Waals surface area contributed by atoms with Gasteiger partial charge in [-0.2, -0.15) is 0 Å². The molecule has 5 aromatic rings. The summed E-state index contributed by atoms with van der Waals surface area (Å²) in [6.07, 6.45) is 22.8. The van der Waals surface area contributed by atoms with Crippen molar-refractivity contribution < 1.29 is 18.9 Å². The molecule has 2 heterocycles. The minimum absolute atomic E-state index is 0.206. The molecule has 4 aliphatic carbocycles. The van der Waals surface area contributed by atoms with Gasteiger partial charge in [0.15, 0.2) is 23.0 Å². The second-order valence-corrected chi connectivity index (χ2v) is 16.2. The highest BCUT2D eigenvalue weighted by Crippen LogP contribution is 2.59. The molecule has 1 saturated heterocycles. The molecule has 6 aliphatic rings. The smallest absolute Gasteiger partial charge is 0.194 e. The average molecular weight is 773 g/mol. The summed E-state index contributed by atoms with van der Waals surface area (Å²) in [7, 11) is 0. The van der Waals surface area contributed by atoms with Gasteiger partial charge in [0.05, 0.1) is 11.4 Å². The summed E-state index contributed by atoms with van der Waals surface area (Å²) in [5.74, 6) is 2.70. The summed E-state index contributed by atoms with van der Waals surface area (Å²) >= 11 is 0. The second kappa shape index (κ2) is 14.3. The lowest BCUT2D eigenvalue weighted by molar-refractivity contribution is -0.167. The van der Waals surface area contributed by atoms with Crippen molar-refractivity contribution in [2.75, 3.05) is 9.80 Å². The van der Waals surface area contributed by atoms with Crippen LogP contribution in [0.3, 0.4) is 0 Å². The number of hydrogen-bond donors (Lipinski definition) is 0. The molecule has 4 unspecified atom stereocenters. The Labute approximate surface area is 345 Å². The molecule has 6 nitrogen and oxygen atoms in total. The Morgan fingerprint density at radius 2 is 1.17 bits per heavy atom. The third kappa shape index (κ3) is 6.02. The van der Waals surface area contributed by atoms with Crippen molar-refractivity contribution in [3.8, 4) is 23.0 Å². The number of allylic oxidation sites excluding steroid dienone is 7. The molecule has 0 bridgehead atoms. The molecule has 11 rings (SSSR count). The Balaban J connectivity index is 1.15. The van der Waals surface area contributed by atoms with Gasteiger partial charge in [-0.05, 0) is 96.3 Å². The summed E-state index contributed by atoms with van der Waals surface area (Å²) in [5.41, 5.74) is 9.94. The van der Waals surface area contributed by atoms with E-state index in [4.69, 9.17) is 18.9 Å². The number of hydrogen-bond acceptors (Lipinski definition) is 6. The molecule has 0 saturated carbocycles. The zero-order chi connectivity index (χ0) is 39.5. The van der Waals surface area contributed by atoms with Crippen LogP contribution in [0.25, 0.3) is 6.08 Å². The van der Waals surface area contributed by atoms with Gasteiger partial charge in [-0.25, -0.2) is 0 Å². The number of fused-ring (bicyclic) bond motifs is 7. The largest absolute Gasteiger partial charge is 0.449 e. The van der Waals surface area contributed by atoms with E-state index in [-0.39, 0.29) is 24.4 Å². The van der Waals surface area contributed by atoms with Gasteiger partial charge >= 0.3 is 0 Å². The Morgan fingerprint density at radius 1 is 0.593 bits per heavy atom. The second-order valence-electron chi connectivity index (χ2n) is 16.2. The Hall–Kier alpha value is -6.60. The summed E-state index contributed by atoms with van der Waals surface area (Å²) < 4.78 is 28.3. The van der Waals surface area contributed by atoms with Crippen LogP contribution in [0.2, 0.25) is 0 Å². The van der Waals surface area contributed by atoms with E-state index in [1.165, 1.54) is 0 Å². The molecule has 290 valence electrons.